The van der Waals surface area contributed by atoms with Gasteiger partial charge in [0.25, 0.3) is 5.91 Å². The molecule has 0 atom stereocenters. The number of carbonyl (C=O) groups excluding carboxylic acids is 1. The van der Waals surface area contributed by atoms with E-state index in [1.54, 1.807) is 12.1 Å². The van der Waals surface area contributed by atoms with Crippen LogP contribution in [-0.4, -0.2) is 52.1 Å². The smallest absolute Gasteiger partial charge is 0.259 e. The standard InChI is InChI=1S/C27H33N7O2.ClH.4H3N.4H2/c1-19-8-13-23(35)22(18-19)24(36)28-20-9-11-21(12-10-20)29-25-30-26(33-14-4-2-5-15-33)32-27(31-25)34-16-6-3-7-17-34;;;;;;;;;/h8-13,18,35H,2-7,14-17H2,1H3,(H,28,36)(H,29,30,31,32);1H;4*1H3;4*1H. The molecule has 1 amide bonds. The number of hydrogen-bond acceptors (Lipinski definition) is 12. The summed E-state index contributed by atoms with van der Waals surface area (Å²) in [6.45, 7) is 5.74. The first-order valence-electron chi connectivity index (χ1n) is 12.8. The number of phenols is 1. The third-order valence-electron chi connectivity index (χ3n) is 6.69. The number of carbonyl (C=O) groups is 1. The highest BCUT2D eigenvalue weighted by atomic mass is 35.5. The van der Waals surface area contributed by atoms with Crippen LogP contribution in [0.2, 0.25) is 0 Å². The lowest BCUT2D eigenvalue weighted by Crippen LogP contribution is -2.34. The molecule has 0 bridgehead atoms. The number of amides is 1. The number of anilines is 5. The van der Waals surface area contributed by atoms with Gasteiger partial charge in [-0.25, -0.2) is 0 Å². The van der Waals surface area contributed by atoms with Gasteiger partial charge in [-0.15, -0.1) is 12.4 Å². The minimum atomic E-state index is -0.355. The van der Waals surface area contributed by atoms with E-state index in [1.807, 2.05) is 31.2 Å². The predicted octanol–water partition coefficient (Wildman–Crippen LogP) is 6.92. The van der Waals surface area contributed by atoms with Crippen molar-refractivity contribution in [3.05, 3.63) is 53.6 Å². The van der Waals surface area contributed by atoms with Crippen LogP contribution in [-0.2, 0) is 0 Å². The molecule has 2 saturated heterocycles. The Labute approximate surface area is 254 Å². The number of hydrogen-bond donors (Lipinski definition) is 7. The third kappa shape index (κ3) is 9.40. The minimum Gasteiger partial charge on any atom is -0.507 e. The molecule has 0 radical (unpaired) electrons. The Morgan fingerprint density at radius 2 is 1.24 bits per heavy atom. The van der Waals surface area contributed by atoms with Crippen molar-refractivity contribution in [1.82, 2.24) is 39.6 Å². The zero-order valence-corrected chi connectivity index (χ0v) is 24.8. The van der Waals surface area contributed by atoms with Crippen LogP contribution in [0.1, 0.15) is 60.2 Å². The summed E-state index contributed by atoms with van der Waals surface area (Å²) < 4.78 is 0. The molecule has 2 aliphatic rings. The highest BCUT2D eigenvalue weighted by Gasteiger charge is 2.20. The summed E-state index contributed by atoms with van der Waals surface area (Å²) in [5, 5.41) is 16.2. The Hall–Kier alpha value is -3.75. The second-order valence-electron chi connectivity index (χ2n) is 9.53. The van der Waals surface area contributed by atoms with E-state index in [-0.39, 0.29) is 59.9 Å². The topological polar surface area (TPSA) is 247 Å². The fraction of sp³-hybridized carbons (Fsp3) is 0.407. The van der Waals surface area contributed by atoms with Gasteiger partial charge in [0.1, 0.15) is 5.75 Å². The van der Waals surface area contributed by atoms with Crippen molar-refractivity contribution in [2.24, 2.45) is 0 Å². The maximum absolute atomic E-state index is 12.6. The molecule has 2 aromatic carbocycles. The first kappa shape index (κ1) is 37.2. The van der Waals surface area contributed by atoms with E-state index in [1.165, 1.54) is 18.9 Å². The fourth-order valence-electron chi connectivity index (χ4n) is 4.68. The quantitative estimate of drug-likeness (QED) is 0.152. The Morgan fingerprint density at radius 1 is 0.756 bits per heavy atom. The molecular formula is C27H54ClN11O2. The molecule has 0 unspecified atom stereocenters. The molecule has 3 aromatic rings. The van der Waals surface area contributed by atoms with Gasteiger partial charge in [-0.05, 0) is 81.8 Å². The number of rotatable bonds is 6. The van der Waals surface area contributed by atoms with E-state index in [4.69, 9.17) is 15.0 Å². The van der Waals surface area contributed by atoms with Crippen molar-refractivity contribution in [2.75, 3.05) is 46.6 Å². The number of aryl methyl sites for hydroxylation is 1. The summed E-state index contributed by atoms with van der Waals surface area (Å²) in [6.07, 6.45) is 7.11. The maximum atomic E-state index is 12.6. The van der Waals surface area contributed by atoms with Crippen LogP contribution >= 0.6 is 12.4 Å². The first-order chi connectivity index (χ1) is 17.5. The normalized spacial score (nSPS) is 14.1. The van der Waals surface area contributed by atoms with Gasteiger partial charge in [-0.2, -0.15) is 15.0 Å². The number of nitrogens with zero attached hydrogens (tertiary/aromatic N) is 5. The van der Waals surface area contributed by atoms with E-state index in [9.17, 15) is 9.90 Å². The van der Waals surface area contributed by atoms with E-state index in [0.717, 1.165) is 75.0 Å². The van der Waals surface area contributed by atoms with E-state index in [0.29, 0.717) is 11.6 Å². The SMILES string of the molecule is Cc1ccc(O)c(C(=O)Nc2ccc(Nc3nc(N4CCCCC4)nc(N4CCCCC4)n3)cc2)c1.Cl.N.N.N.N.[HH].[HH].[HH].[HH]. The number of piperidine rings is 2. The third-order valence-corrected chi connectivity index (χ3v) is 6.69. The van der Waals surface area contributed by atoms with E-state index >= 15 is 0 Å². The molecular weight excluding hydrogens is 546 g/mol. The molecule has 41 heavy (non-hydrogen) atoms. The van der Waals surface area contributed by atoms with Crippen molar-refractivity contribution in [1.29, 1.82) is 0 Å². The average Bonchev–Trinajstić information content (AvgIpc) is 2.92. The lowest BCUT2D eigenvalue weighted by atomic mass is 10.1. The Balaban J connectivity index is -0.000000593. The van der Waals surface area contributed by atoms with Gasteiger partial charge >= 0.3 is 0 Å². The number of halogens is 1. The first-order valence-corrected chi connectivity index (χ1v) is 12.8. The Morgan fingerprint density at radius 3 is 1.76 bits per heavy atom. The zero-order chi connectivity index (χ0) is 24.9. The second kappa shape index (κ2) is 17.1. The molecule has 2 aliphatic heterocycles. The summed E-state index contributed by atoms with van der Waals surface area (Å²) in [7, 11) is 0. The van der Waals surface area contributed by atoms with Crippen LogP contribution in [0.25, 0.3) is 0 Å². The molecule has 236 valence electrons. The Kier molecular flexibility index (Phi) is 15.6. The van der Waals surface area contributed by atoms with Gasteiger partial charge in [-0.3, -0.25) is 4.79 Å². The average molecular weight is 600 g/mol. The molecule has 14 heteroatoms. The molecule has 0 aliphatic carbocycles. The summed E-state index contributed by atoms with van der Waals surface area (Å²) in [5.74, 6) is 1.59. The van der Waals surface area contributed by atoms with Crippen molar-refractivity contribution in [3.63, 3.8) is 0 Å². The van der Waals surface area contributed by atoms with Gasteiger partial charge in [0.2, 0.25) is 17.8 Å². The summed E-state index contributed by atoms with van der Waals surface area (Å²) in [4.78, 5) is 31.4. The zero-order valence-electron chi connectivity index (χ0n) is 23.9. The lowest BCUT2D eigenvalue weighted by Gasteiger charge is -2.30. The number of nitrogens with one attached hydrogen (secondary N) is 2. The highest BCUT2D eigenvalue weighted by molar-refractivity contribution is 6.06. The molecule has 2 fully saturated rings. The maximum Gasteiger partial charge on any atom is 0.259 e. The molecule has 0 spiro atoms. The molecule has 1 aromatic heterocycles. The Bertz CT molecular complexity index is 1200. The molecule has 13 nitrogen and oxygen atoms in total. The molecule has 5 rings (SSSR count). The largest absolute Gasteiger partial charge is 0.507 e. The fourth-order valence-corrected chi connectivity index (χ4v) is 4.68. The van der Waals surface area contributed by atoms with Crippen LogP contribution in [0, 0.1) is 6.92 Å². The van der Waals surface area contributed by atoms with Crippen LogP contribution in [0.5, 0.6) is 5.75 Å². The van der Waals surface area contributed by atoms with Crippen LogP contribution in [0.15, 0.2) is 42.5 Å². The summed E-state index contributed by atoms with van der Waals surface area (Å²) >= 11 is 0. The molecule has 3 heterocycles. The van der Waals surface area contributed by atoms with Gasteiger partial charge in [0.15, 0.2) is 0 Å². The number of aromatic nitrogens is 3. The minimum absolute atomic E-state index is 0. The van der Waals surface area contributed by atoms with E-state index in [2.05, 4.69) is 20.4 Å². The van der Waals surface area contributed by atoms with Crippen molar-refractivity contribution < 1.29 is 15.6 Å². The van der Waals surface area contributed by atoms with Gasteiger partial charge in [-0.1, -0.05) is 11.6 Å². The number of benzene rings is 2. The predicted molar refractivity (Wildman–Crippen MR) is 178 cm³/mol. The van der Waals surface area contributed by atoms with Gasteiger partial charge in [0, 0.05) is 43.3 Å². The number of aromatic hydroxyl groups is 1. The van der Waals surface area contributed by atoms with Crippen molar-refractivity contribution >= 4 is 47.5 Å². The summed E-state index contributed by atoms with van der Waals surface area (Å²) in [6, 6.07) is 12.3. The van der Waals surface area contributed by atoms with Crippen LogP contribution in [0.4, 0.5) is 29.2 Å². The van der Waals surface area contributed by atoms with Crippen LogP contribution in [0.3, 0.4) is 0 Å². The van der Waals surface area contributed by atoms with E-state index < -0.39 is 0 Å². The van der Waals surface area contributed by atoms with Gasteiger partial charge < -0.3 is 50.1 Å². The van der Waals surface area contributed by atoms with Crippen molar-refractivity contribution in [2.45, 2.75) is 45.4 Å². The monoisotopic (exact) mass is 599 g/mol. The lowest BCUT2D eigenvalue weighted by molar-refractivity contribution is 0.102. The van der Waals surface area contributed by atoms with Crippen molar-refractivity contribution in [3.8, 4) is 5.75 Å². The molecule has 0 saturated carbocycles. The van der Waals surface area contributed by atoms with Crippen LogP contribution < -0.4 is 45.0 Å². The highest BCUT2D eigenvalue weighted by Crippen LogP contribution is 2.25. The second-order valence-corrected chi connectivity index (χ2v) is 9.53. The summed E-state index contributed by atoms with van der Waals surface area (Å²) in [5.41, 5.74) is 2.59. The molecule has 15 N–H and O–H groups in total. The van der Waals surface area contributed by atoms with Gasteiger partial charge in [0.05, 0.1) is 5.56 Å². The number of phenolic OH excluding ortho intramolecular Hbond substituents is 1.